The van der Waals surface area contributed by atoms with E-state index in [4.69, 9.17) is 4.74 Å². The van der Waals surface area contributed by atoms with Crippen molar-refractivity contribution >= 4 is 11.6 Å². The van der Waals surface area contributed by atoms with E-state index >= 15 is 0 Å². The predicted molar refractivity (Wildman–Crippen MR) is 105 cm³/mol. The molecule has 1 saturated heterocycles. The number of amides is 1. The Hall–Kier alpha value is -2.17. The molecule has 1 fully saturated rings. The molecule has 0 aliphatic carbocycles. The number of rotatable bonds is 6. The number of aryl methyl sites for hydroxylation is 1. The van der Waals surface area contributed by atoms with Crippen molar-refractivity contribution in [3.63, 3.8) is 0 Å². The van der Waals surface area contributed by atoms with Crippen molar-refractivity contribution in [3.05, 3.63) is 65.2 Å². The van der Waals surface area contributed by atoms with Gasteiger partial charge in [0.1, 0.15) is 0 Å². The molecule has 0 saturated carbocycles. The van der Waals surface area contributed by atoms with Crippen LogP contribution in [0.25, 0.3) is 0 Å². The Kier molecular flexibility index (Phi) is 6.07. The van der Waals surface area contributed by atoms with Gasteiger partial charge in [0.05, 0.1) is 5.41 Å². The molecule has 0 unspecified atom stereocenters. The molecule has 1 amide bonds. The Morgan fingerprint density at radius 1 is 1.12 bits per heavy atom. The molecule has 1 aliphatic heterocycles. The first-order chi connectivity index (χ1) is 12.6. The zero-order valence-corrected chi connectivity index (χ0v) is 15.7. The predicted octanol–water partition coefficient (Wildman–Crippen LogP) is 3.79. The van der Waals surface area contributed by atoms with Crippen LogP contribution < -0.4 is 10.6 Å². The van der Waals surface area contributed by atoms with E-state index < -0.39 is 5.41 Å². The molecule has 1 aliphatic rings. The summed E-state index contributed by atoms with van der Waals surface area (Å²) >= 11 is 0. The topological polar surface area (TPSA) is 50.4 Å². The van der Waals surface area contributed by atoms with Gasteiger partial charge >= 0.3 is 0 Å². The molecule has 2 aromatic rings. The molecule has 0 bridgehead atoms. The van der Waals surface area contributed by atoms with Gasteiger partial charge in [0, 0.05) is 25.4 Å². The van der Waals surface area contributed by atoms with Gasteiger partial charge in [0.2, 0.25) is 5.91 Å². The molecule has 4 nitrogen and oxygen atoms in total. The molecule has 4 heteroatoms. The highest BCUT2D eigenvalue weighted by Crippen LogP contribution is 2.36. The summed E-state index contributed by atoms with van der Waals surface area (Å²) in [5, 5.41) is 6.48. The fraction of sp³-hybridized carbons (Fsp3) is 0.409. The summed E-state index contributed by atoms with van der Waals surface area (Å²) in [6.45, 7) is 7.10. The lowest BCUT2D eigenvalue weighted by Crippen LogP contribution is -2.44. The van der Waals surface area contributed by atoms with Crippen LogP contribution >= 0.6 is 0 Å². The molecule has 26 heavy (non-hydrogen) atoms. The monoisotopic (exact) mass is 352 g/mol. The van der Waals surface area contributed by atoms with Crippen molar-refractivity contribution in [2.45, 2.75) is 38.6 Å². The zero-order chi connectivity index (χ0) is 18.4. The summed E-state index contributed by atoms with van der Waals surface area (Å²) in [5.74, 6) is 0.0604. The highest BCUT2D eigenvalue weighted by Gasteiger charge is 2.41. The molecule has 0 aromatic heterocycles. The minimum atomic E-state index is -0.524. The Morgan fingerprint density at radius 2 is 1.85 bits per heavy atom. The van der Waals surface area contributed by atoms with Crippen molar-refractivity contribution in [2.75, 3.05) is 25.1 Å². The maximum Gasteiger partial charge on any atom is 0.235 e. The van der Waals surface area contributed by atoms with E-state index in [1.165, 1.54) is 11.1 Å². The van der Waals surface area contributed by atoms with Gasteiger partial charge in [0.25, 0.3) is 0 Å². The van der Waals surface area contributed by atoms with Crippen LogP contribution in [0, 0.1) is 6.92 Å². The standard InChI is InChI=1S/C22H28N2O2/c1-3-23-16-18-5-4-6-20(15-18)24-21(25)22(11-13-26-14-12-22)19-9-7-17(2)8-10-19/h4-10,15,23H,3,11-14,16H2,1-2H3,(H,24,25). The van der Waals surface area contributed by atoms with Gasteiger partial charge in [0.15, 0.2) is 0 Å². The van der Waals surface area contributed by atoms with Gasteiger partial charge in [-0.1, -0.05) is 48.9 Å². The molecule has 0 radical (unpaired) electrons. The van der Waals surface area contributed by atoms with Gasteiger partial charge < -0.3 is 15.4 Å². The van der Waals surface area contributed by atoms with Gasteiger partial charge in [-0.3, -0.25) is 4.79 Å². The van der Waals surface area contributed by atoms with E-state index in [1.807, 2.05) is 18.2 Å². The number of anilines is 1. The maximum absolute atomic E-state index is 13.3. The van der Waals surface area contributed by atoms with Gasteiger partial charge in [-0.25, -0.2) is 0 Å². The first-order valence-electron chi connectivity index (χ1n) is 9.40. The second-order valence-corrected chi connectivity index (χ2v) is 7.00. The first kappa shape index (κ1) is 18.6. The Bertz CT molecular complexity index is 734. The van der Waals surface area contributed by atoms with E-state index in [2.05, 4.69) is 54.8 Å². The number of nitrogens with one attached hydrogen (secondary N) is 2. The number of hydrogen-bond acceptors (Lipinski definition) is 3. The van der Waals surface area contributed by atoms with Gasteiger partial charge in [-0.2, -0.15) is 0 Å². The number of carbonyl (C=O) groups excluding carboxylic acids is 1. The van der Waals surface area contributed by atoms with Crippen molar-refractivity contribution < 1.29 is 9.53 Å². The van der Waals surface area contributed by atoms with Crippen LogP contribution in [0.4, 0.5) is 5.69 Å². The number of carbonyl (C=O) groups is 1. The Balaban J connectivity index is 1.83. The largest absolute Gasteiger partial charge is 0.381 e. The minimum Gasteiger partial charge on any atom is -0.381 e. The summed E-state index contributed by atoms with van der Waals surface area (Å²) < 4.78 is 5.55. The molecular weight excluding hydrogens is 324 g/mol. The smallest absolute Gasteiger partial charge is 0.235 e. The minimum absolute atomic E-state index is 0.0604. The third-order valence-corrected chi connectivity index (χ3v) is 5.15. The summed E-state index contributed by atoms with van der Waals surface area (Å²) in [6.07, 6.45) is 1.41. The van der Waals surface area contributed by atoms with Crippen LogP contribution in [0.5, 0.6) is 0 Å². The van der Waals surface area contributed by atoms with Crippen LogP contribution in [0.1, 0.15) is 36.5 Å². The van der Waals surface area contributed by atoms with Crippen molar-refractivity contribution in [2.24, 2.45) is 0 Å². The van der Waals surface area contributed by atoms with E-state index in [0.717, 1.165) is 24.3 Å². The molecule has 2 aromatic carbocycles. The summed E-state index contributed by atoms with van der Waals surface area (Å²) in [6, 6.07) is 16.4. The SMILES string of the molecule is CCNCc1cccc(NC(=O)C2(c3ccc(C)cc3)CCOCC2)c1. The second-order valence-electron chi connectivity index (χ2n) is 7.00. The van der Waals surface area contributed by atoms with Crippen molar-refractivity contribution in [3.8, 4) is 0 Å². The van der Waals surface area contributed by atoms with Crippen LogP contribution in [0.3, 0.4) is 0 Å². The van der Waals surface area contributed by atoms with Crippen molar-refractivity contribution in [1.29, 1.82) is 0 Å². The molecule has 3 rings (SSSR count). The van der Waals surface area contributed by atoms with Gasteiger partial charge in [-0.15, -0.1) is 0 Å². The van der Waals surface area contributed by atoms with Crippen LogP contribution in [-0.4, -0.2) is 25.7 Å². The summed E-state index contributed by atoms with van der Waals surface area (Å²) in [7, 11) is 0. The number of ether oxygens (including phenoxy) is 1. The highest BCUT2D eigenvalue weighted by atomic mass is 16.5. The van der Waals surface area contributed by atoms with E-state index in [-0.39, 0.29) is 5.91 Å². The molecular formula is C22H28N2O2. The Morgan fingerprint density at radius 3 is 2.54 bits per heavy atom. The fourth-order valence-electron chi connectivity index (χ4n) is 3.52. The third kappa shape index (κ3) is 4.14. The average Bonchev–Trinajstić information content (AvgIpc) is 2.67. The molecule has 138 valence electrons. The number of benzene rings is 2. The maximum atomic E-state index is 13.3. The van der Waals surface area contributed by atoms with Crippen LogP contribution in [-0.2, 0) is 21.5 Å². The van der Waals surface area contributed by atoms with E-state index in [1.54, 1.807) is 0 Å². The second kappa shape index (κ2) is 8.47. The average molecular weight is 352 g/mol. The summed E-state index contributed by atoms with van der Waals surface area (Å²) in [5.41, 5.74) is 3.77. The van der Waals surface area contributed by atoms with E-state index in [0.29, 0.717) is 26.1 Å². The zero-order valence-electron chi connectivity index (χ0n) is 15.7. The molecule has 2 N–H and O–H groups in total. The molecule has 1 heterocycles. The van der Waals surface area contributed by atoms with Crippen LogP contribution in [0.2, 0.25) is 0 Å². The number of hydrogen-bond donors (Lipinski definition) is 2. The fourth-order valence-corrected chi connectivity index (χ4v) is 3.52. The van der Waals surface area contributed by atoms with E-state index in [9.17, 15) is 4.79 Å². The van der Waals surface area contributed by atoms with Gasteiger partial charge in [-0.05, 0) is 49.6 Å². The van der Waals surface area contributed by atoms with Crippen LogP contribution in [0.15, 0.2) is 48.5 Å². The van der Waals surface area contributed by atoms with Crippen molar-refractivity contribution in [1.82, 2.24) is 5.32 Å². The Labute approximate surface area is 156 Å². The summed E-state index contributed by atoms with van der Waals surface area (Å²) in [4.78, 5) is 13.3. The first-order valence-corrected chi connectivity index (χ1v) is 9.40. The normalized spacial score (nSPS) is 16.2. The quantitative estimate of drug-likeness (QED) is 0.832. The molecule has 0 spiro atoms. The third-order valence-electron chi connectivity index (χ3n) is 5.15. The lowest BCUT2D eigenvalue weighted by Gasteiger charge is -2.36. The lowest BCUT2D eigenvalue weighted by atomic mass is 9.73. The molecule has 0 atom stereocenters. The highest BCUT2D eigenvalue weighted by molar-refractivity contribution is 5.99. The lowest BCUT2D eigenvalue weighted by molar-refractivity contribution is -0.125.